The van der Waals surface area contributed by atoms with Gasteiger partial charge in [0.15, 0.2) is 16.7 Å². The fourth-order valence-corrected chi connectivity index (χ4v) is 0.750. The monoisotopic (exact) mass is 173 g/mol. The predicted octanol–water partition coefficient (Wildman–Crippen LogP) is 0.345. The number of rotatable bonds is 1. The van der Waals surface area contributed by atoms with Crippen molar-refractivity contribution in [2.24, 2.45) is 0 Å². The van der Waals surface area contributed by atoms with Crippen molar-refractivity contribution in [2.75, 3.05) is 14.1 Å². The van der Waals surface area contributed by atoms with Crippen molar-refractivity contribution in [2.45, 2.75) is 0 Å². The Balaban J connectivity index is 2.93. The van der Waals surface area contributed by atoms with Crippen molar-refractivity contribution in [3.8, 4) is 0 Å². The predicted molar refractivity (Wildman–Crippen MR) is 41.9 cm³/mol. The molecule has 0 spiro atoms. The van der Waals surface area contributed by atoms with E-state index in [0.29, 0.717) is 5.69 Å². The molecular weight excluding hydrogens is 166 g/mol. The minimum absolute atomic E-state index is 0.226. The molecule has 0 atom stereocenters. The van der Waals surface area contributed by atoms with E-state index in [1.54, 1.807) is 19.0 Å². The lowest BCUT2D eigenvalue weighted by Gasteiger charge is -2.09. The molecule has 0 saturated carbocycles. The van der Waals surface area contributed by atoms with E-state index in [4.69, 9.17) is 17.0 Å². The van der Waals surface area contributed by atoms with E-state index in [2.05, 4.69) is 15.4 Å². The van der Waals surface area contributed by atoms with E-state index in [0.717, 1.165) is 0 Å². The van der Waals surface area contributed by atoms with E-state index < -0.39 is 0 Å². The van der Waals surface area contributed by atoms with Crippen LogP contribution in [-0.4, -0.2) is 40.2 Å². The summed E-state index contributed by atoms with van der Waals surface area (Å²) >= 11 is 5.61. The second-order valence-electron chi connectivity index (χ2n) is 2.21. The van der Waals surface area contributed by atoms with Crippen LogP contribution >= 0.6 is 11.6 Å². The zero-order valence-corrected chi connectivity index (χ0v) is 6.98. The molecule has 0 aromatic carbocycles. The first kappa shape index (κ1) is 8.00. The van der Waals surface area contributed by atoms with Gasteiger partial charge in [-0.25, -0.2) is 0 Å². The Morgan fingerprint density at radius 2 is 2.18 bits per heavy atom. The Morgan fingerprint density at radius 3 is 2.55 bits per heavy atom. The van der Waals surface area contributed by atoms with Gasteiger partial charge in [-0.1, -0.05) is 11.6 Å². The summed E-state index contributed by atoms with van der Waals surface area (Å²) < 4.78 is 0. The fourth-order valence-electron chi connectivity index (χ4n) is 0.580. The molecule has 1 aromatic heterocycles. The molecule has 0 fully saturated rings. The fraction of sp³-hybridized carbons (Fsp3) is 0.400. The first-order valence-electron chi connectivity index (χ1n) is 2.95. The third-order valence-electron chi connectivity index (χ3n) is 1.18. The van der Waals surface area contributed by atoms with Crippen LogP contribution in [0.5, 0.6) is 0 Å². The summed E-state index contributed by atoms with van der Waals surface area (Å²) in [5.74, 6) is 0.240. The van der Waals surface area contributed by atoms with Crippen LogP contribution in [0.15, 0.2) is 0 Å². The van der Waals surface area contributed by atoms with Crippen LogP contribution in [0.1, 0.15) is 5.69 Å². The van der Waals surface area contributed by atoms with Gasteiger partial charge in [0.2, 0.25) is 0 Å². The maximum absolute atomic E-state index is 7.46. The lowest BCUT2D eigenvalue weighted by atomic mass is 10.4. The van der Waals surface area contributed by atoms with E-state index >= 15 is 0 Å². The van der Waals surface area contributed by atoms with Crippen molar-refractivity contribution in [1.29, 1.82) is 5.41 Å². The highest BCUT2D eigenvalue weighted by Crippen LogP contribution is 2.08. The molecule has 0 aliphatic rings. The molecule has 0 radical (unpaired) electrons. The van der Waals surface area contributed by atoms with Gasteiger partial charge in [0.1, 0.15) is 0 Å². The molecule has 60 valence electrons. The standard InChI is InChI=1S/C5H8ClN5/c1-11(2)5(7)3-4(6)9-10-8-3/h7H,1-2H3,(H,8,9,10). The minimum Gasteiger partial charge on any atom is -0.361 e. The van der Waals surface area contributed by atoms with Crippen LogP contribution in [0, 0.1) is 5.41 Å². The van der Waals surface area contributed by atoms with Crippen LogP contribution in [0.25, 0.3) is 0 Å². The number of aromatic nitrogens is 3. The third-order valence-corrected chi connectivity index (χ3v) is 1.44. The second-order valence-corrected chi connectivity index (χ2v) is 2.56. The summed E-state index contributed by atoms with van der Waals surface area (Å²) in [5, 5.41) is 17.3. The van der Waals surface area contributed by atoms with Crippen LogP contribution in [0.2, 0.25) is 5.15 Å². The quantitative estimate of drug-likeness (QED) is 0.476. The summed E-state index contributed by atoms with van der Waals surface area (Å²) in [6.07, 6.45) is 0. The highest BCUT2D eigenvalue weighted by Gasteiger charge is 2.11. The van der Waals surface area contributed by atoms with Gasteiger partial charge in [0.25, 0.3) is 0 Å². The largest absolute Gasteiger partial charge is 0.361 e. The van der Waals surface area contributed by atoms with E-state index in [-0.39, 0.29) is 11.0 Å². The maximum Gasteiger partial charge on any atom is 0.182 e. The van der Waals surface area contributed by atoms with Crippen molar-refractivity contribution in [1.82, 2.24) is 20.3 Å². The van der Waals surface area contributed by atoms with Gasteiger partial charge in [-0.3, -0.25) is 5.41 Å². The number of amidine groups is 1. The van der Waals surface area contributed by atoms with Crippen LogP contribution in [0.4, 0.5) is 0 Å². The molecule has 11 heavy (non-hydrogen) atoms. The van der Waals surface area contributed by atoms with E-state index in [9.17, 15) is 0 Å². The summed E-state index contributed by atoms with van der Waals surface area (Å²) in [6.45, 7) is 0. The van der Waals surface area contributed by atoms with Gasteiger partial charge in [0, 0.05) is 14.1 Å². The van der Waals surface area contributed by atoms with Gasteiger partial charge in [-0.15, -0.1) is 5.10 Å². The van der Waals surface area contributed by atoms with Gasteiger partial charge in [0.05, 0.1) is 0 Å². The number of nitrogens with one attached hydrogen (secondary N) is 2. The highest BCUT2D eigenvalue weighted by molar-refractivity contribution is 6.32. The SMILES string of the molecule is CN(C)C(=N)c1n[nH]nc1Cl. The number of nitrogens with zero attached hydrogens (tertiary/aromatic N) is 3. The molecule has 1 aromatic rings. The summed E-state index contributed by atoms with van der Waals surface area (Å²) in [6, 6.07) is 0. The minimum atomic E-state index is 0.226. The lowest BCUT2D eigenvalue weighted by molar-refractivity contribution is 0.616. The highest BCUT2D eigenvalue weighted by atomic mass is 35.5. The lowest BCUT2D eigenvalue weighted by Crippen LogP contribution is -2.22. The molecular formula is C5H8ClN5. The molecule has 6 heteroatoms. The molecule has 5 nitrogen and oxygen atoms in total. The maximum atomic E-state index is 7.46. The van der Waals surface area contributed by atoms with Crippen molar-refractivity contribution in [3.63, 3.8) is 0 Å². The molecule has 1 rings (SSSR count). The molecule has 0 unspecified atom stereocenters. The molecule has 0 bridgehead atoms. The molecule has 0 aliphatic heterocycles. The Kier molecular flexibility index (Phi) is 2.09. The molecule has 0 aliphatic carbocycles. The van der Waals surface area contributed by atoms with Gasteiger partial charge >= 0.3 is 0 Å². The topological polar surface area (TPSA) is 68.7 Å². The first-order chi connectivity index (χ1) is 5.13. The zero-order chi connectivity index (χ0) is 8.43. The smallest absolute Gasteiger partial charge is 0.182 e. The zero-order valence-electron chi connectivity index (χ0n) is 6.22. The van der Waals surface area contributed by atoms with Crippen LogP contribution in [-0.2, 0) is 0 Å². The van der Waals surface area contributed by atoms with Crippen LogP contribution < -0.4 is 0 Å². The third kappa shape index (κ3) is 1.48. The molecule has 2 N–H and O–H groups in total. The average molecular weight is 174 g/mol. The van der Waals surface area contributed by atoms with Crippen molar-refractivity contribution >= 4 is 17.4 Å². The van der Waals surface area contributed by atoms with Gasteiger partial charge in [-0.05, 0) is 0 Å². The van der Waals surface area contributed by atoms with Crippen molar-refractivity contribution < 1.29 is 0 Å². The summed E-state index contributed by atoms with van der Waals surface area (Å²) in [7, 11) is 3.49. The van der Waals surface area contributed by atoms with E-state index in [1.807, 2.05) is 0 Å². The molecule has 0 saturated heterocycles. The molecule has 1 heterocycles. The Hall–Kier alpha value is -1.10. The number of hydrogen-bond acceptors (Lipinski definition) is 3. The second kappa shape index (κ2) is 2.87. The average Bonchev–Trinajstić information content (AvgIpc) is 2.33. The Bertz CT molecular complexity index is 266. The van der Waals surface area contributed by atoms with Gasteiger partial charge < -0.3 is 4.90 Å². The number of halogens is 1. The van der Waals surface area contributed by atoms with Crippen molar-refractivity contribution in [3.05, 3.63) is 10.8 Å². The van der Waals surface area contributed by atoms with Gasteiger partial charge in [-0.2, -0.15) is 10.3 Å². The summed E-state index contributed by atoms with van der Waals surface area (Å²) in [5.41, 5.74) is 0.372. The summed E-state index contributed by atoms with van der Waals surface area (Å²) in [4.78, 5) is 1.60. The normalized spacial score (nSPS) is 9.73. The number of H-pyrrole nitrogens is 1. The first-order valence-corrected chi connectivity index (χ1v) is 3.33. The molecule has 0 amide bonds. The Morgan fingerprint density at radius 1 is 1.55 bits per heavy atom. The van der Waals surface area contributed by atoms with E-state index in [1.165, 1.54) is 0 Å². The number of hydrogen-bond donors (Lipinski definition) is 2. The Labute approximate surface area is 68.9 Å². The number of aromatic amines is 1. The van der Waals surface area contributed by atoms with Crippen LogP contribution in [0.3, 0.4) is 0 Å².